The van der Waals surface area contributed by atoms with E-state index in [9.17, 15) is 9.59 Å². The van der Waals surface area contributed by atoms with Gasteiger partial charge in [-0.3, -0.25) is 14.6 Å². The van der Waals surface area contributed by atoms with Gasteiger partial charge in [-0.25, -0.2) is 0 Å². The summed E-state index contributed by atoms with van der Waals surface area (Å²) in [6, 6.07) is 3.84. The highest BCUT2D eigenvalue weighted by atomic mass is 32.2. The largest absolute Gasteiger partial charge is 0.334 e. The standard InChI is InChI=1S/C17H21N3O2S/c1-2-4-16(21)20-12-23-11-15(20)17(22)19(14-6-7-14)10-13-5-3-8-18-9-13/h2-5,8-9,14-15H,6-7,10-12H2,1H3/b4-2-/t15-/m1/s1. The molecule has 6 heteroatoms. The third kappa shape index (κ3) is 3.75. The number of hydrogen-bond donors (Lipinski definition) is 0. The molecular weight excluding hydrogens is 310 g/mol. The molecule has 1 aliphatic carbocycles. The first-order valence-electron chi connectivity index (χ1n) is 7.91. The van der Waals surface area contributed by atoms with Gasteiger partial charge in [-0.15, -0.1) is 11.8 Å². The minimum Gasteiger partial charge on any atom is -0.334 e. The molecule has 1 saturated heterocycles. The molecule has 122 valence electrons. The van der Waals surface area contributed by atoms with E-state index in [0.29, 0.717) is 24.2 Å². The molecule has 2 aliphatic rings. The van der Waals surface area contributed by atoms with E-state index in [1.807, 2.05) is 24.0 Å². The predicted molar refractivity (Wildman–Crippen MR) is 90.6 cm³/mol. The van der Waals surface area contributed by atoms with Gasteiger partial charge in [0.1, 0.15) is 6.04 Å². The summed E-state index contributed by atoms with van der Waals surface area (Å²) in [6.45, 7) is 2.39. The number of thioether (sulfide) groups is 1. The van der Waals surface area contributed by atoms with Crippen LogP contribution in [0.4, 0.5) is 0 Å². The highest BCUT2D eigenvalue weighted by Gasteiger charge is 2.41. The molecule has 2 fully saturated rings. The number of carbonyl (C=O) groups excluding carboxylic acids is 2. The summed E-state index contributed by atoms with van der Waals surface area (Å²) in [5, 5.41) is 0. The van der Waals surface area contributed by atoms with Crippen molar-refractivity contribution in [3.05, 3.63) is 42.2 Å². The summed E-state index contributed by atoms with van der Waals surface area (Å²) in [4.78, 5) is 32.9. The predicted octanol–water partition coefficient (Wildman–Crippen LogP) is 2.05. The second kappa shape index (κ2) is 7.17. The number of aromatic nitrogens is 1. The number of amides is 2. The lowest BCUT2D eigenvalue weighted by atomic mass is 10.2. The fourth-order valence-corrected chi connectivity index (χ4v) is 3.91. The summed E-state index contributed by atoms with van der Waals surface area (Å²) < 4.78 is 0. The van der Waals surface area contributed by atoms with Crippen molar-refractivity contribution in [1.29, 1.82) is 0 Å². The van der Waals surface area contributed by atoms with Crippen LogP contribution in [0.25, 0.3) is 0 Å². The summed E-state index contributed by atoms with van der Waals surface area (Å²) in [6.07, 6.45) is 8.89. The molecule has 1 aliphatic heterocycles. The fourth-order valence-electron chi connectivity index (χ4n) is 2.76. The van der Waals surface area contributed by atoms with Crippen LogP contribution >= 0.6 is 11.8 Å². The average Bonchev–Trinajstić information content (AvgIpc) is 3.28. The smallest absolute Gasteiger partial charge is 0.247 e. The van der Waals surface area contributed by atoms with E-state index in [2.05, 4.69) is 4.98 Å². The van der Waals surface area contributed by atoms with Gasteiger partial charge < -0.3 is 9.80 Å². The van der Waals surface area contributed by atoms with Crippen molar-refractivity contribution >= 4 is 23.6 Å². The van der Waals surface area contributed by atoms with E-state index in [0.717, 1.165) is 18.4 Å². The molecule has 1 aromatic heterocycles. The zero-order chi connectivity index (χ0) is 16.2. The van der Waals surface area contributed by atoms with Gasteiger partial charge in [0, 0.05) is 30.7 Å². The fraction of sp³-hybridized carbons (Fsp3) is 0.471. The SMILES string of the molecule is C/C=C\C(=O)N1CSC[C@@H]1C(=O)N(Cc1cccnc1)C1CC1. The molecule has 1 saturated carbocycles. The van der Waals surface area contributed by atoms with E-state index in [-0.39, 0.29) is 17.9 Å². The molecule has 0 radical (unpaired) electrons. The Morgan fingerprint density at radius 1 is 1.48 bits per heavy atom. The molecule has 5 nitrogen and oxygen atoms in total. The number of rotatable bonds is 5. The van der Waals surface area contributed by atoms with Gasteiger partial charge in [0.15, 0.2) is 0 Å². The monoisotopic (exact) mass is 331 g/mol. The first-order valence-corrected chi connectivity index (χ1v) is 9.06. The number of carbonyl (C=O) groups is 2. The topological polar surface area (TPSA) is 53.5 Å². The number of hydrogen-bond acceptors (Lipinski definition) is 4. The molecule has 0 spiro atoms. The Bertz CT molecular complexity index is 601. The van der Waals surface area contributed by atoms with Crippen LogP contribution in [0.2, 0.25) is 0 Å². The minimum absolute atomic E-state index is 0.0687. The molecule has 0 N–H and O–H groups in total. The van der Waals surface area contributed by atoms with Crippen molar-refractivity contribution in [2.75, 3.05) is 11.6 Å². The van der Waals surface area contributed by atoms with Crippen molar-refractivity contribution in [2.45, 2.75) is 38.4 Å². The van der Waals surface area contributed by atoms with Gasteiger partial charge in [0.2, 0.25) is 11.8 Å². The van der Waals surface area contributed by atoms with Crippen LogP contribution in [0, 0.1) is 0 Å². The van der Waals surface area contributed by atoms with Crippen molar-refractivity contribution < 1.29 is 9.59 Å². The van der Waals surface area contributed by atoms with Crippen LogP contribution in [0.15, 0.2) is 36.7 Å². The number of nitrogens with zero attached hydrogens (tertiary/aromatic N) is 3. The van der Waals surface area contributed by atoms with Crippen LogP contribution in [-0.4, -0.2) is 50.3 Å². The lowest BCUT2D eigenvalue weighted by molar-refractivity contribution is -0.142. The molecule has 2 heterocycles. The second-order valence-corrected chi connectivity index (χ2v) is 6.88. The molecule has 0 aromatic carbocycles. The quantitative estimate of drug-likeness (QED) is 0.775. The van der Waals surface area contributed by atoms with Crippen LogP contribution in [-0.2, 0) is 16.1 Å². The number of allylic oxidation sites excluding steroid dienone is 1. The third-order valence-corrected chi connectivity index (χ3v) is 5.12. The van der Waals surface area contributed by atoms with Crippen molar-refractivity contribution in [1.82, 2.24) is 14.8 Å². The van der Waals surface area contributed by atoms with E-state index < -0.39 is 0 Å². The molecule has 0 bridgehead atoms. The molecule has 1 aromatic rings. The van der Waals surface area contributed by atoms with Gasteiger partial charge >= 0.3 is 0 Å². The zero-order valence-electron chi connectivity index (χ0n) is 13.2. The van der Waals surface area contributed by atoms with Gasteiger partial charge in [0.25, 0.3) is 0 Å². The highest BCUT2D eigenvalue weighted by Crippen LogP contribution is 2.31. The Balaban J connectivity index is 1.74. The summed E-state index contributed by atoms with van der Waals surface area (Å²) in [7, 11) is 0. The van der Waals surface area contributed by atoms with E-state index in [4.69, 9.17) is 0 Å². The maximum atomic E-state index is 13.0. The number of pyridine rings is 1. The van der Waals surface area contributed by atoms with Crippen LogP contribution in [0.5, 0.6) is 0 Å². The van der Waals surface area contributed by atoms with Gasteiger partial charge in [-0.2, -0.15) is 0 Å². The van der Waals surface area contributed by atoms with Crippen molar-refractivity contribution in [2.24, 2.45) is 0 Å². The highest BCUT2D eigenvalue weighted by molar-refractivity contribution is 7.99. The van der Waals surface area contributed by atoms with Crippen LogP contribution in [0.1, 0.15) is 25.3 Å². The van der Waals surface area contributed by atoms with E-state index >= 15 is 0 Å². The van der Waals surface area contributed by atoms with E-state index in [1.54, 1.807) is 35.1 Å². The molecule has 3 rings (SSSR count). The lowest BCUT2D eigenvalue weighted by Gasteiger charge is -2.29. The minimum atomic E-state index is -0.346. The summed E-state index contributed by atoms with van der Waals surface area (Å²) >= 11 is 1.64. The third-order valence-electron chi connectivity index (χ3n) is 4.11. The molecule has 2 amide bonds. The Labute approximate surface area is 140 Å². The average molecular weight is 331 g/mol. The maximum Gasteiger partial charge on any atom is 0.247 e. The maximum absolute atomic E-state index is 13.0. The second-order valence-electron chi connectivity index (χ2n) is 5.88. The van der Waals surface area contributed by atoms with Gasteiger partial charge in [-0.1, -0.05) is 12.1 Å². The van der Waals surface area contributed by atoms with Crippen LogP contribution in [0.3, 0.4) is 0 Å². The molecular formula is C17H21N3O2S. The molecule has 23 heavy (non-hydrogen) atoms. The Morgan fingerprint density at radius 2 is 2.30 bits per heavy atom. The van der Waals surface area contributed by atoms with Gasteiger partial charge in [0.05, 0.1) is 5.88 Å². The first kappa shape index (κ1) is 16.1. The van der Waals surface area contributed by atoms with E-state index in [1.165, 1.54) is 6.08 Å². The Kier molecular flexibility index (Phi) is 5.00. The molecule has 0 unspecified atom stereocenters. The summed E-state index contributed by atoms with van der Waals surface area (Å²) in [5.41, 5.74) is 1.03. The van der Waals surface area contributed by atoms with Crippen molar-refractivity contribution in [3.63, 3.8) is 0 Å². The Hall–Kier alpha value is -1.82. The zero-order valence-corrected chi connectivity index (χ0v) is 14.0. The van der Waals surface area contributed by atoms with Gasteiger partial charge in [-0.05, 0) is 37.5 Å². The Morgan fingerprint density at radius 3 is 2.96 bits per heavy atom. The van der Waals surface area contributed by atoms with Crippen LogP contribution < -0.4 is 0 Å². The normalized spacial score (nSPS) is 20.9. The lowest BCUT2D eigenvalue weighted by Crippen LogP contribution is -2.49. The first-order chi connectivity index (χ1) is 11.2. The van der Waals surface area contributed by atoms with Crippen molar-refractivity contribution in [3.8, 4) is 0 Å². The molecule has 1 atom stereocenters. The summed E-state index contributed by atoms with van der Waals surface area (Å²) in [5.74, 6) is 1.26.